The van der Waals surface area contributed by atoms with Gasteiger partial charge in [-0.3, -0.25) is 4.79 Å². The Hall–Kier alpha value is -1.61. The molecular formula is C15H12BrNO. The summed E-state index contributed by atoms with van der Waals surface area (Å²) < 4.78 is 2.85. The number of aryl methyl sites for hydroxylation is 1. The van der Waals surface area contributed by atoms with Gasteiger partial charge in [0.1, 0.15) is 0 Å². The first-order valence-corrected chi connectivity index (χ1v) is 6.72. The summed E-state index contributed by atoms with van der Waals surface area (Å²) in [4.78, 5) is 12.4. The van der Waals surface area contributed by atoms with Crippen LogP contribution in [0.25, 0.3) is 21.7 Å². The monoisotopic (exact) mass is 301 g/mol. The highest BCUT2D eigenvalue weighted by atomic mass is 79.9. The topological polar surface area (TPSA) is 22.0 Å². The molecule has 0 saturated carbocycles. The SMILES string of the molecule is CCn1c(=O)c2ccccc2c2cc(Br)ccc21. The van der Waals surface area contributed by atoms with Gasteiger partial charge in [-0.2, -0.15) is 0 Å². The molecule has 0 spiro atoms. The van der Waals surface area contributed by atoms with Crippen molar-refractivity contribution in [1.82, 2.24) is 4.57 Å². The van der Waals surface area contributed by atoms with Crippen LogP contribution in [0.5, 0.6) is 0 Å². The molecule has 2 nitrogen and oxygen atoms in total. The number of halogens is 1. The molecule has 18 heavy (non-hydrogen) atoms. The molecule has 0 aliphatic heterocycles. The van der Waals surface area contributed by atoms with E-state index in [0.717, 1.165) is 26.1 Å². The van der Waals surface area contributed by atoms with E-state index in [1.165, 1.54) is 0 Å². The zero-order valence-corrected chi connectivity index (χ0v) is 11.6. The third-order valence-corrected chi connectivity index (χ3v) is 3.75. The Balaban J connectivity index is 2.67. The van der Waals surface area contributed by atoms with Gasteiger partial charge in [-0.15, -0.1) is 0 Å². The molecule has 0 aliphatic rings. The lowest BCUT2D eigenvalue weighted by Crippen LogP contribution is -2.19. The fraction of sp³-hybridized carbons (Fsp3) is 0.133. The van der Waals surface area contributed by atoms with Gasteiger partial charge >= 0.3 is 0 Å². The maximum atomic E-state index is 12.4. The lowest BCUT2D eigenvalue weighted by atomic mass is 10.1. The van der Waals surface area contributed by atoms with E-state index in [-0.39, 0.29) is 5.56 Å². The van der Waals surface area contributed by atoms with Crippen molar-refractivity contribution in [2.75, 3.05) is 0 Å². The van der Waals surface area contributed by atoms with Crippen LogP contribution >= 0.6 is 15.9 Å². The summed E-state index contributed by atoms with van der Waals surface area (Å²) in [6.45, 7) is 2.68. The van der Waals surface area contributed by atoms with Crippen molar-refractivity contribution in [3.05, 3.63) is 57.3 Å². The number of pyridine rings is 1. The molecule has 1 heterocycles. The molecule has 0 N–H and O–H groups in total. The van der Waals surface area contributed by atoms with Gasteiger partial charge in [0.05, 0.1) is 5.52 Å². The highest BCUT2D eigenvalue weighted by Gasteiger charge is 2.09. The molecule has 0 bridgehead atoms. The van der Waals surface area contributed by atoms with Crippen LogP contribution in [-0.2, 0) is 6.54 Å². The summed E-state index contributed by atoms with van der Waals surface area (Å²) in [6.07, 6.45) is 0. The van der Waals surface area contributed by atoms with Gasteiger partial charge in [-0.05, 0) is 36.6 Å². The highest BCUT2D eigenvalue weighted by molar-refractivity contribution is 9.10. The van der Waals surface area contributed by atoms with Gasteiger partial charge in [0.25, 0.3) is 5.56 Å². The molecule has 0 atom stereocenters. The van der Waals surface area contributed by atoms with E-state index in [1.54, 1.807) is 0 Å². The Kier molecular flexibility index (Phi) is 2.71. The summed E-state index contributed by atoms with van der Waals surface area (Å²) in [5.74, 6) is 0. The van der Waals surface area contributed by atoms with Crippen molar-refractivity contribution in [2.24, 2.45) is 0 Å². The summed E-state index contributed by atoms with van der Waals surface area (Å²) in [5, 5.41) is 2.91. The highest BCUT2D eigenvalue weighted by Crippen LogP contribution is 2.25. The van der Waals surface area contributed by atoms with E-state index in [0.29, 0.717) is 6.54 Å². The van der Waals surface area contributed by atoms with Gasteiger partial charge < -0.3 is 4.57 Å². The molecule has 0 aliphatic carbocycles. The second-order valence-corrected chi connectivity index (χ2v) is 5.17. The number of aromatic nitrogens is 1. The predicted octanol–water partition coefficient (Wildman–Crippen LogP) is 3.94. The average Bonchev–Trinajstić information content (AvgIpc) is 2.40. The minimum absolute atomic E-state index is 0.0860. The summed E-state index contributed by atoms with van der Waals surface area (Å²) in [7, 11) is 0. The van der Waals surface area contributed by atoms with E-state index in [2.05, 4.69) is 22.0 Å². The second-order valence-electron chi connectivity index (χ2n) is 4.26. The standard InChI is InChI=1S/C15H12BrNO/c1-2-17-14-8-7-10(16)9-13(14)11-5-3-4-6-12(11)15(17)18/h3-9H,2H2,1H3. The molecule has 2 aromatic carbocycles. The lowest BCUT2D eigenvalue weighted by molar-refractivity contribution is 0.767. The van der Waals surface area contributed by atoms with E-state index in [9.17, 15) is 4.79 Å². The quantitative estimate of drug-likeness (QED) is 0.624. The van der Waals surface area contributed by atoms with Crippen LogP contribution in [0.1, 0.15) is 6.92 Å². The molecule has 0 saturated heterocycles. The van der Waals surface area contributed by atoms with Crippen molar-refractivity contribution in [3.63, 3.8) is 0 Å². The van der Waals surface area contributed by atoms with Gasteiger partial charge in [0.15, 0.2) is 0 Å². The largest absolute Gasteiger partial charge is 0.308 e. The molecule has 3 rings (SSSR count). The summed E-state index contributed by atoms with van der Waals surface area (Å²) in [6, 6.07) is 13.8. The molecule has 0 radical (unpaired) electrons. The summed E-state index contributed by atoms with van der Waals surface area (Å²) in [5.41, 5.74) is 1.08. The maximum absolute atomic E-state index is 12.4. The van der Waals surface area contributed by atoms with Gasteiger partial charge in [0.2, 0.25) is 0 Å². The average molecular weight is 302 g/mol. The van der Waals surface area contributed by atoms with Crippen LogP contribution in [0.2, 0.25) is 0 Å². The Labute approximate surface area is 113 Å². The molecule has 3 heteroatoms. The Morgan fingerprint density at radius 3 is 2.50 bits per heavy atom. The normalized spacial score (nSPS) is 11.2. The van der Waals surface area contributed by atoms with Crippen LogP contribution in [0.15, 0.2) is 51.7 Å². The van der Waals surface area contributed by atoms with Crippen molar-refractivity contribution < 1.29 is 0 Å². The van der Waals surface area contributed by atoms with Gasteiger partial charge in [0, 0.05) is 21.8 Å². The molecular weight excluding hydrogens is 290 g/mol. The smallest absolute Gasteiger partial charge is 0.258 e. The minimum atomic E-state index is 0.0860. The first kappa shape index (κ1) is 11.5. The van der Waals surface area contributed by atoms with Crippen LogP contribution in [-0.4, -0.2) is 4.57 Å². The zero-order valence-electron chi connectivity index (χ0n) is 9.98. The number of hydrogen-bond donors (Lipinski definition) is 0. The molecule has 1 aromatic heterocycles. The van der Waals surface area contributed by atoms with E-state index < -0.39 is 0 Å². The Bertz CT molecular complexity index is 805. The summed E-state index contributed by atoms with van der Waals surface area (Å²) >= 11 is 3.50. The van der Waals surface area contributed by atoms with Crippen LogP contribution < -0.4 is 5.56 Å². The molecule has 90 valence electrons. The minimum Gasteiger partial charge on any atom is -0.308 e. The number of nitrogens with zero attached hydrogens (tertiary/aromatic N) is 1. The van der Waals surface area contributed by atoms with Crippen molar-refractivity contribution >= 4 is 37.6 Å². The Morgan fingerprint density at radius 2 is 1.78 bits per heavy atom. The van der Waals surface area contributed by atoms with E-state index in [4.69, 9.17) is 0 Å². The maximum Gasteiger partial charge on any atom is 0.258 e. The van der Waals surface area contributed by atoms with Crippen LogP contribution in [0, 0.1) is 0 Å². The van der Waals surface area contributed by atoms with Gasteiger partial charge in [-0.1, -0.05) is 34.1 Å². The van der Waals surface area contributed by atoms with E-state index in [1.807, 2.05) is 47.9 Å². The molecule has 0 amide bonds. The fourth-order valence-electron chi connectivity index (χ4n) is 2.43. The molecule has 0 unspecified atom stereocenters. The third kappa shape index (κ3) is 1.58. The molecule has 0 fully saturated rings. The van der Waals surface area contributed by atoms with Gasteiger partial charge in [-0.25, -0.2) is 0 Å². The van der Waals surface area contributed by atoms with Crippen molar-refractivity contribution in [3.8, 4) is 0 Å². The second kappa shape index (κ2) is 4.25. The van der Waals surface area contributed by atoms with E-state index >= 15 is 0 Å². The Morgan fingerprint density at radius 1 is 1.06 bits per heavy atom. The number of benzene rings is 2. The molecule has 3 aromatic rings. The zero-order chi connectivity index (χ0) is 12.7. The third-order valence-electron chi connectivity index (χ3n) is 3.26. The number of rotatable bonds is 1. The van der Waals surface area contributed by atoms with Crippen LogP contribution in [0.3, 0.4) is 0 Å². The fourth-order valence-corrected chi connectivity index (χ4v) is 2.79. The first-order valence-electron chi connectivity index (χ1n) is 5.93. The first-order chi connectivity index (χ1) is 8.72. The van der Waals surface area contributed by atoms with Crippen molar-refractivity contribution in [1.29, 1.82) is 0 Å². The van der Waals surface area contributed by atoms with Crippen molar-refractivity contribution in [2.45, 2.75) is 13.5 Å². The predicted molar refractivity (Wildman–Crippen MR) is 79.1 cm³/mol. The number of fused-ring (bicyclic) bond motifs is 3. The number of hydrogen-bond acceptors (Lipinski definition) is 1. The lowest BCUT2D eigenvalue weighted by Gasteiger charge is -2.11. The van der Waals surface area contributed by atoms with Crippen LogP contribution in [0.4, 0.5) is 0 Å².